The first kappa shape index (κ1) is 17.0. The number of aryl methyl sites for hydroxylation is 1. The number of hydrogen-bond donors (Lipinski definition) is 1. The Kier molecular flexibility index (Phi) is 5.98. The SMILES string of the molecule is CCOc1cc(C)c(-c2csc(CCNC)n2)cc1C(C)C. The van der Waals surface area contributed by atoms with E-state index in [1.54, 1.807) is 11.3 Å². The third-order valence-corrected chi connectivity index (χ3v) is 4.60. The Hall–Kier alpha value is -1.39. The van der Waals surface area contributed by atoms with Gasteiger partial charge >= 0.3 is 0 Å². The maximum atomic E-state index is 5.80. The van der Waals surface area contributed by atoms with Gasteiger partial charge in [-0.05, 0) is 50.1 Å². The number of ether oxygens (including phenoxy) is 1. The zero-order chi connectivity index (χ0) is 16.1. The fourth-order valence-electron chi connectivity index (χ4n) is 2.49. The highest BCUT2D eigenvalue weighted by Crippen LogP contribution is 2.35. The molecule has 0 aliphatic heterocycles. The summed E-state index contributed by atoms with van der Waals surface area (Å²) in [4.78, 5) is 4.79. The maximum absolute atomic E-state index is 5.80. The van der Waals surface area contributed by atoms with E-state index in [1.165, 1.54) is 21.7 Å². The van der Waals surface area contributed by atoms with Crippen LogP contribution in [-0.4, -0.2) is 25.2 Å². The summed E-state index contributed by atoms with van der Waals surface area (Å²) >= 11 is 1.74. The van der Waals surface area contributed by atoms with Crippen molar-refractivity contribution in [3.63, 3.8) is 0 Å². The average molecular weight is 318 g/mol. The van der Waals surface area contributed by atoms with Gasteiger partial charge in [-0.15, -0.1) is 11.3 Å². The van der Waals surface area contributed by atoms with E-state index in [9.17, 15) is 0 Å². The van der Waals surface area contributed by atoms with Gasteiger partial charge in [-0.25, -0.2) is 4.98 Å². The normalized spacial score (nSPS) is 11.2. The zero-order valence-corrected chi connectivity index (χ0v) is 15.0. The van der Waals surface area contributed by atoms with Crippen LogP contribution in [0.1, 0.15) is 42.8 Å². The summed E-state index contributed by atoms with van der Waals surface area (Å²) in [6.45, 7) is 10.2. The van der Waals surface area contributed by atoms with Crippen LogP contribution in [0.5, 0.6) is 5.75 Å². The zero-order valence-electron chi connectivity index (χ0n) is 14.2. The highest BCUT2D eigenvalue weighted by Gasteiger charge is 2.14. The van der Waals surface area contributed by atoms with Crippen LogP contribution in [0, 0.1) is 6.92 Å². The molecule has 0 saturated carbocycles. The predicted octanol–water partition coefficient (Wildman–Crippen LogP) is 4.40. The van der Waals surface area contributed by atoms with Gasteiger partial charge in [-0.1, -0.05) is 13.8 Å². The topological polar surface area (TPSA) is 34.1 Å². The van der Waals surface area contributed by atoms with E-state index >= 15 is 0 Å². The second kappa shape index (κ2) is 7.75. The molecule has 0 aliphatic carbocycles. The van der Waals surface area contributed by atoms with Crippen molar-refractivity contribution in [3.8, 4) is 17.0 Å². The van der Waals surface area contributed by atoms with Crippen molar-refractivity contribution in [1.29, 1.82) is 0 Å². The van der Waals surface area contributed by atoms with Crippen molar-refractivity contribution in [1.82, 2.24) is 10.3 Å². The molecule has 1 N–H and O–H groups in total. The molecule has 0 aliphatic rings. The molecular formula is C18H26N2OS. The Morgan fingerprint density at radius 1 is 1.32 bits per heavy atom. The number of nitrogens with one attached hydrogen (secondary N) is 1. The molecule has 4 heteroatoms. The van der Waals surface area contributed by atoms with Gasteiger partial charge in [0.1, 0.15) is 5.75 Å². The number of nitrogens with zero attached hydrogens (tertiary/aromatic N) is 1. The number of thiazole rings is 1. The van der Waals surface area contributed by atoms with E-state index in [1.807, 2.05) is 14.0 Å². The monoisotopic (exact) mass is 318 g/mol. The molecule has 0 fully saturated rings. The smallest absolute Gasteiger partial charge is 0.123 e. The summed E-state index contributed by atoms with van der Waals surface area (Å²) in [5.41, 5.74) is 4.78. The van der Waals surface area contributed by atoms with Crippen LogP contribution >= 0.6 is 11.3 Å². The van der Waals surface area contributed by atoms with Gasteiger partial charge in [-0.2, -0.15) is 0 Å². The lowest BCUT2D eigenvalue weighted by atomic mass is 9.95. The van der Waals surface area contributed by atoms with Crippen molar-refractivity contribution in [2.45, 2.75) is 40.0 Å². The molecule has 1 heterocycles. The Balaban J connectivity index is 2.38. The van der Waals surface area contributed by atoms with E-state index in [2.05, 4.69) is 43.6 Å². The lowest BCUT2D eigenvalue weighted by Gasteiger charge is -2.16. The Morgan fingerprint density at radius 3 is 2.73 bits per heavy atom. The largest absolute Gasteiger partial charge is 0.494 e. The summed E-state index contributed by atoms with van der Waals surface area (Å²) in [6, 6.07) is 4.41. The van der Waals surface area contributed by atoms with Crippen molar-refractivity contribution < 1.29 is 4.74 Å². The van der Waals surface area contributed by atoms with Crippen LogP contribution in [0.2, 0.25) is 0 Å². The molecule has 22 heavy (non-hydrogen) atoms. The number of hydrogen-bond acceptors (Lipinski definition) is 4. The lowest BCUT2D eigenvalue weighted by molar-refractivity contribution is 0.335. The predicted molar refractivity (Wildman–Crippen MR) is 95.2 cm³/mol. The summed E-state index contributed by atoms with van der Waals surface area (Å²) in [5.74, 6) is 1.44. The minimum atomic E-state index is 0.434. The number of aromatic nitrogens is 1. The molecule has 0 saturated heterocycles. The molecular weight excluding hydrogens is 292 g/mol. The molecule has 1 aromatic heterocycles. The minimum Gasteiger partial charge on any atom is -0.494 e. The van der Waals surface area contributed by atoms with Gasteiger partial charge in [0.25, 0.3) is 0 Å². The fraction of sp³-hybridized carbons (Fsp3) is 0.500. The third-order valence-electron chi connectivity index (χ3n) is 3.70. The quantitative estimate of drug-likeness (QED) is 0.821. The third kappa shape index (κ3) is 3.87. The van der Waals surface area contributed by atoms with Gasteiger partial charge in [0, 0.05) is 23.9 Å². The molecule has 0 bridgehead atoms. The van der Waals surface area contributed by atoms with Crippen LogP contribution in [0.4, 0.5) is 0 Å². The van der Waals surface area contributed by atoms with E-state index in [0.29, 0.717) is 12.5 Å². The molecule has 0 atom stereocenters. The minimum absolute atomic E-state index is 0.434. The van der Waals surface area contributed by atoms with Crippen molar-refractivity contribution in [3.05, 3.63) is 33.6 Å². The second-order valence-corrected chi connectivity index (χ2v) is 6.72. The Labute approximate surface area is 137 Å². The van der Waals surface area contributed by atoms with Crippen LogP contribution in [0.25, 0.3) is 11.3 Å². The second-order valence-electron chi connectivity index (χ2n) is 5.77. The van der Waals surface area contributed by atoms with Crippen molar-refractivity contribution in [2.75, 3.05) is 20.2 Å². The average Bonchev–Trinajstić information content (AvgIpc) is 2.94. The van der Waals surface area contributed by atoms with Crippen LogP contribution in [-0.2, 0) is 6.42 Å². The molecule has 3 nitrogen and oxygen atoms in total. The first-order valence-corrected chi connectivity index (χ1v) is 8.81. The van der Waals surface area contributed by atoms with Gasteiger partial charge in [-0.3, -0.25) is 0 Å². The standard InChI is InChI=1S/C18H26N2OS/c1-6-21-17-9-13(4)15(10-14(17)12(2)3)16-11-22-18(20-16)7-8-19-5/h9-12,19H,6-8H2,1-5H3. The summed E-state index contributed by atoms with van der Waals surface area (Å²) < 4.78 is 5.80. The van der Waals surface area contributed by atoms with Gasteiger partial charge in [0.2, 0.25) is 0 Å². The molecule has 0 unspecified atom stereocenters. The van der Waals surface area contributed by atoms with Crippen LogP contribution in [0.3, 0.4) is 0 Å². The highest BCUT2D eigenvalue weighted by atomic mass is 32.1. The molecule has 2 aromatic rings. The van der Waals surface area contributed by atoms with E-state index in [0.717, 1.165) is 24.4 Å². The van der Waals surface area contributed by atoms with Crippen LogP contribution < -0.4 is 10.1 Å². The highest BCUT2D eigenvalue weighted by molar-refractivity contribution is 7.09. The molecule has 2 rings (SSSR count). The van der Waals surface area contributed by atoms with Crippen molar-refractivity contribution >= 4 is 11.3 Å². The van der Waals surface area contributed by atoms with Gasteiger partial charge < -0.3 is 10.1 Å². The number of rotatable bonds is 7. The summed E-state index contributed by atoms with van der Waals surface area (Å²) in [5, 5.41) is 6.52. The van der Waals surface area contributed by atoms with Crippen LogP contribution in [0.15, 0.2) is 17.5 Å². The molecule has 0 radical (unpaired) electrons. The first-order valence-electron chi connectivity index (χ1n) is 7.93. The summed E-state index contributed by atoms with van der Waals surface area (Å²) in [6.07, 6.45) is 0.980. The van der Waals surface area contributed by atoms with Gasteiger partial charge in [0.05, 0.1) is 17.3 Å². The molecule has 0 spiro atoms. The van der Waals surface area contributed by atoms with Crippen molar-refractivity contribution in [2.24, 2.45) is 0 Å². The number of likely N-dealkylation sites (N-methyl/N-ethyl adjacent to an activating group) is 1. The van der Waals surface area contributed by atoms with Gasteiger partial charge in [0.15, 0.2) is 0 Å². The van der Waals surface area contributed by atoms with E-state index in [4.69, 9.17) is 9.72 Å². The molecule has 120 valence electrons. The first-order chi connectivity index (χ1) is 10.6. The Morgan fingerprint density at radius 2 is 2.09 bits per heavy atom. The molecule has 0 amide bonds. The summed E-state index contributed by atoms with van der Waals surface area (Å²) in [7, 11) is 1.97. The molecule has 1 aromatic carbocycles. The lowest BCUT2D eigenvalue weighted by Crippen LogP contribution is -2.10. The van der Waals surface area contributed by atoms with E-state index < -0.39 is 0 Å². The maximum Gasteiger partial charge on any atom is 0.123 e. The fourth-order valence-corrected chi connectivity index (χ4v) is 3.29. The Bertz CT molecular complexity index is 620. The number of benzene rings is 1. The van der Waals surface area contributed by atoms with E-state index in [-0.39, 0.29) is 0 Å².